The number of fused-ring (bicyclic) bond motifs is 1. The largest absolute Gasteiger partial charge is 0.422 e. The van der Waals surface area contributed by atoms with E-state index in [0.29, 0.717) is 11.1 Å². The molecule has 0 saturated carbocycles. The third-order valence-electron chi connectivity index (χ3n) is 3.33. The molecular weight excluding hydrogens is 334 g/mol. The van der Waals surface area contributed by atoms with Gasteiger partial charge in [-0.25, -0.2) is 4.79 Å². The van der Waals surface area contributed by atoms with E-state index in [2.05, 4.69) is 21.1 Å². The molecule has 0 amide bonds. The normalized spacial score (nSPS) is 10.8. The van der Waals surface area contributed by atoms with Crippen molar-refractivity contribution >= 4 is 32.6 Å². The predicted molar refractivity (Wildman–Crippen MR) is 85.8 cm³/mol. The van der Waals surface area contributed by atoms with Crippen molar-refractivity contribution in [2.75, 3.05) is 0 Å². The Balaban J connectivity index is 2.45. The zero-order valence-electron chi connectivity index (χ0n) is 11.1. The Morgan fingerprint density at radius 3 is 2.48 bits per heavy atom. The van der Waals surface area contributed by atoms with Gasteiger partial charge in [0.15, 0.2) is 0 Å². The summed E-state index contributed by atoms with van der Waals surface area (Å²) in [6, 6.07) is 12.2. The minimum Gasteiger partial charge on any atom is -0.422 e. The minimum atomic E-state index is -0.443. The molecule has 0 aliphatic carbocycles. The zero-order valence-corrected chi connectivity index (χ0v) is 12.7. The molecule has 2 aromatic carbocycles. The fraction of sp³-hybridized carbons (Fsp3) is 0.0625. The maximum Gasteiger partial charge on any atom is 0.336 e. The first-order valence-electron chi connectivity index (χ1n) is 6.27. The molecule has 0 fully saturated rings. The van der Waals surface area contributed by atoms with Crippen LogP contribution in [0.4, 0.5) is 5.69 Å². The van der Waals surface area contributed by atoms with Crippen molar-refractivity contribution in [1.82, 2.24) is 0 Å². The van der Waals surface area contributed by atoms with Crippen molar-refractivity contribution in [3.63, 3.8) is 0 Å². The number of nitroso groups, excluding NO2 is 1. The number of halogens is 1. The molecule has 104 valence electrons. The van der Waals surface area contributed by atoms with Gasteiger partial charge in [0, 0.05) is 15.9 Å². The van der Waals surface area contributed by atoms with Gasteiger partial charge in [-0.1, -0.05) is 28.1 Å². The van der Waals surface area contributed by atoms with E-state index in [4.69, 9.17) is 4.42 Å². The van der Waals surface area contributed by atoms with Crippen LogP contribution in [-0.4, -0.2) is 0 Å². The second-order valence-electron chi connectivity index (χ2n) is 4.68. The first-order valence-corrected chi connectivity index (χ1v) is 7.06. The van der Waals surface area contributed by atoms with Gasteiger partial charge in [0.2, 0.25) is 0 Å². The van der Waals surface area contributed by atoms with E-state index in [1.807, 2.05) is 31.2 Å². The van der Waals surface area contributed by atoms with Crippen LogP contribution in [0.3, 0.4) is 0 Å². The van der Waals surface area contributed by atoms with Crippen LogP contribution >= 0.6 is 15.9 Å². The molecule has 0 aliphatic heterocycles. The Bertz CT molecular complexity index is 898. The summed E-state index contributed by atoms with van der Waals surface area (Å²) in [6.07, 6.45) is 0. The lowest BCUT2D eigenvalue weighted by molar-refractivity contribution is 0.561. The van der Waals surface area contributed by atoms with Crippen LogP contribution in [0.15, 0.2) is 61.3 Å². The second kappa shape index (κ2) is 5.26. The van der Waals surface area contributed by atoms with Crippen LogP contribution in [0.5, 0.6) is 0 Å². The van der Waals surface area contributed by atoms with E-state index < -0.39 is 5.63 Å². The lowest BCUT2D eigenvalue weighted by Crippen LogP contribution is -1.99. The average molecular weight is 344 g/mol. The number of hydrogen-bond donors (Lipinski definition) is 0. The van der Waals surface area contributed by atoms with Gasteiger partial charge in [-0.2, -0.15) is 0 Å². The number of hydrogen-bond acceptors (Lipinski definition) is 4. The minimum absolute atomic E-state index is 0.249. The van der Waals surface area contributed by atoms with Crippen LogP contribution in [0.2, 0.25) is 0 Å². The Morgan fingerprint density at radius 1 is 1.10 bits per heavy atom. The molecule has 1 heterocycles. The van der Waals surface area contributed by atoms with E-state index in [1.54, 1.807) is 12.1 Å². The molecule has 21 heavy (non-hydrogen) atoms. The summed E-state index contributed by atoms with van der Waals surface area (Å²) in [5, 5.41) is 3.85. The van der Waals surface area contributed by atoms with Gasteiger partial charge in [0.05, 0.1) is 5.56 Å². The molecule has 0 radical (unpaired) electrons. The topological polar surface area (TPSA) is 59.6 Å². The Morgan fingerprint density at radius 2 is 1.81 bits per heavy atom. The lowest BCUT2D eigenvalue weighted by Gasteiger charge is -2.09. The summed E-state index contributed by atoms with van der Waals surface area (Å²) in [7, 11) is 0. The van der Waals surface area contributed by atoms with Gasteiger partial charge in [0.1, 0.15) is 11.3 Å². The molecule has 3 rings (SSSR count). The lowest BCUT2D eigenvalue weighted by atomic mass is 9.99. The zero-order chi connectivity index (χ0) is 15.0. The number of benzene rings is 2. The summed E-state index contributed by atoms with van der Waals surface area (Å²) in [6.45, 7) is 1.83. The molecule has 0 unspecified atom stereocenters. The Labute approximate surface area is 128 Å². The van der Waals surface area contributed by atoms with Crippen LogP contribution in [-0.2, 0) is 0 Å². The summed E-state index contributed by atoms with van der Waals surface area (Å²) >= 11 is 3.37. The summed E-state index contributed by atoms with van der Waals surface area (Å²) in [5.74, 6) is 0. The Kier molecular flexibility index (Phi) is 3.43. The molecule has 0 spiro atoms. The molecular formula is C16H10BrNO3. The second-order valence-corrected chi connectivity index (χ2v) is 5.60. The summed E-state index contributed by atoms with van der Waals surface area (Å²) in [4.78, 5) is 22.8. The SMILES string of the molecule is Cc1cc(=O)oc2c(-c3ccc(Br)cc3)c(N=O)ccc12. The molecule has 1 aromatic heterocycles. The maximum absolute atomic E-state index is 11.7. The standard InChI is InChI=1S/C16H10BrNO3/c1-9-8-14(19)21-16-12(9)6-7-13(18-20)15(16)10-2-4-11(17)5-3-10/h2-8H,1H3. The maximum atomic E-state index is 11.7. The highest BCUT2D eigenvalue weighted by Gasteiger charge is 2.15. The number of aryl methyl sites for hydroxylation is 1. The van der Waals surface area contributed by atoms with E-state index in [0.717, 1.165) is 21.0 Å². The molecule has 0 saturated heterocycles. The van der Waals surface area contributed by atoms with Gasteiger partial charge in [-0.15, -0.1) is 4.91 Å². The van der Waals surface area contributed by atoms with Crippen molar-refractivity contribution < 1.29 is 4.42 Å². The fourth-order valence-corrected chi connectivity index (χ4v) is 2.61. The van der Waals surface area contributed by atoms with Crippen LogP contribution in [0, 0.1) is 11.8 Å². The summed E-state index contributed by atoms with van der Waals surface area (Å²) in [5.41, 5.74) is 2.31. The van der Waals surface area contributed by atoms with Crippen molar-refractivity contribution in [2.45, 2.75) is 6.92 Å². The third-order valence-corrected chi connectivity index (χ3v) is 3.86. The van der Waals surface area contributed by atoms with Gasteiger partial charge in [-0.05, 0) is 47.5 Å². The third kappa shape index (κ3) is 2.40. The molecule has 0 aliphatic rings. The molecule has 4 nitrogen and oxygen atoms in total. The van der Waals surface area contributed by atoms with E-state index in [-0.39, 0.29) is 5.69 Å². The molecule has 0 atom stereocenters. The van der Waals surface area contributed by atoms with Crippen molar-refractivity contribution in [3.8, 4) is 11.1 Å². The highest BCUT2D eigenvalue weighted by Crippen LogP contribution is 2.37. The molecule has 0 N–H and O–H groups in total. The first kappa shape index (κ1) is 13.7. The number of rotatable bonds is 2. The van der Waals surface area contributed by atoms with Gasteiger partial charge in [-0.3, -0.25) is 0 Å². The smallest absolute Gasteiger partial charge is 0.336 e. The van der Waals surface area contributed by atoms with Crippen LogP contribution in [0.1, 0.15) is 5.56 Å². The Hall–Kier alpha value is -2.27. The van der Waals surface area contributed by atoms with Gasteiger partial charge < -0.3 is 4.42 Å². The van der Waals surface area contributed by atoms with Crippen molar-refractivity contribution in [3.05, 3.63) is 67.8 Å². The fourth-order valence-electron chi connectivity index (χ4n) is 2.34. The monoisotopic (exact) mass is 343 g/mol. The highest BCUT2D eigenvalue weighted by molar-refractivity contribution is 9.10. The van der Waals surface area contributed by atoms with Gasteiger partial charge in [0.25, 0.3) is 0 Å². The molecule has 3 aromatic rings. The van der Waals surface area contributed by atoms with E-state index in [9.17, 15) is 9.70 Å². The predicted octanol–water partition coefficient (Wildman–Crippen LogP) is 4.93. The van der Waals surface area contributed by atoms with E-state index >= 15 is 0 Å². The molecule has 0 bridgehead atoms. The van der Waals surface area contributed by atoms with Gasteiger partial charge >= 0.3 is 5.63 Å². The van der Waals surface area contributed by atoms with Crippen molar-refractivity contribution in [2.24, 2.45) is 5.18 Å². The quantitative estimate of drug-likeness (QED) is 0.489. The summed E-state index contributed by atoms with van der Waals surface area (Å²) < 4.78 is 6.26. The van der Waals surface area contributed by atoms with Crippen LogP contribution < -0.4 is 5.63 Å². The first-order chi connectivity index (χ1) is 10.1. The highest BCUT2D eigenvalue weighted by atomic mass is 79.9. The van der Waals surface area contributed by atoms with Crippen molar-refractivity contribution in [1.29, 1.82) is 0 Å². The van der Waals surface area contributed by atoms with E-state index in [1.165, 1.54) is 6.07 Å². The number of nitrogens with zero attached hydrogens (tertiary/aromatic N) is 1. The molecule has 5 heteroatoms. The van der Waals surface area contributed by atoms with Crippen LogP contribution in [0.25, 0.3) is 22.1 Å². The average Bonchev–Trinajstić information content (AvgIpc) is 2.47.